The molecule has 0 saturated carbocycles. The van der Waals surface area contributed by atoms with Gasteiger partial charge in [-0.3, -0.25) is 4.79 Å². The first-order chi connectivity index (χ1) is 9.36. The van der Waals surface area contributed by atoms with E-state index in [2.05, 4.69) is 6.92 Å². The molecule has 0 spiro atoms. The van der Waals surface area contributed by atoms with E-state index in [-0.39, 0.29) is 29.8 Å². The van der Waals surface area contributed by atoms with Crippen LogP contribution in [0.15, 0.2) is 12.1 Å². The van der Waals surface area contributed by atoms with Crippen molar-refractivity contribution in [3.05, 3.63) is 28.8 Å². The Morgan fingerprint density at radius 1 is 1.15 bits per heavy atom. The Kier molecular flexibility index (Phi) is 4.19. The molecule has 3 heteroatoms. The summed E-state index contributed by atoms with van der Waals surface area (Å²) in [5.74, 6) is 0.943. The zero-order valence-electron chi connectivity index (χ0n) is 13.2. The minimum Gasteiger partial charge on any atom is -0.496 e. The first-order valence-corrected chi connectivity index (χ1v) is 7.21. The standard InChI is InChI=1S/C17H24O3/c1-9-7-10(2)15(14(8-9)19-6)17(18)16-11(3)12(4)20-13(16)5/h7-8,11-13,16H,1-6H3. The summed E-state index contributed by atoms with van der Waals surface area (Å²) in [5, 5.41) is 0. The highest BCUT2D eigenvalue weighted by molar-refractivity contribution is 6.02. The van der Waals surface area contributed by atoms with Crippen molar-refractivity contribution in [2.24, 2.45) is 11.8 Å². The molecular weight excluding hydrogens is 252 g/mol. The van der Waals surface area contributed by atoms with E-state index in [0.717, 1.165) is 11.1 Å². The fourth-order valence-electron chi connectivity index (χ4n) is 3.29. The third-order valence-corrected chi connectivity index (χ3v) is 4.45. The van der Waals surface area contributed by atoms with Gasteiger partial charge in [0.15, 0.2) is 5.78 Å². The van der Waals surface area contributed by atoms with Crippen LogP contribution >= 0.6 is 0 Å². The van der Waals surface area contributed by atoms with Crippen LogP contribution in [0.1, 0.15) is 42.3 Å². The maximum Gasteiger partial charge on any atom is 0.172 e. The molecule has 0 aromatic heterocycles. The van der Waals surface area contributed by atoms with Crippen molar-refractivity contribution in [1.29, 1.82) is 0 Å². The number of hydrogen-bond donors (Lipinski definition) is 0. The van der Waals surface area contributed by atoms with Crippen molar-refractivity contribution in [1.82, 2.24) is 0 Å². The van der Waals surface area contributed by atoms with E-state index in [1.54, 1.807) is 7.11 Å². The van der Waals surface area contributed by atoms with Gasteiger partial charge in [0, 0.05) is 0 Å². The van der Waals surface area contributed by atoms with E-state index in [1.807, 2.05) is 39.8 Å². The van der Waals surface area contributed by atoms with Crippen molar-refractivity contribution < 1.29 is 14.3 Å². The Balaban J connectivity index is 2.44. The monoisotopic (exact) mass is 276 g/mol. The number of ketones is 1. The highest BCUT2D eigenvalue weighted by Gasteiger charge is 2.42. The third-order valence-electron chi connectivity index (χ3n) is 4.45. The Morgan fingerprint density at radius 2 is 1.80 bits per heavy atom. The molecule has 1 aliphatic rings. The van der Waals surface area contributed by atoms with Crippen molar-refractivity contribution >= 4 is 5.78 Å². The molecule has 1 aromatic carbocycles. The minimum absolute atomic E-state index is 0.0436. The van der Waals surface area contributed by atoms with E-state index in [4.69, 9.17) is 9.47 Å². The molecule has 4 atom stereocenters. The summed E-state index contributed by atoms with van der Waals surface area (Å²) in [5.41, 5.74) is 2.79. The van der Waals surface area contributed by atoms with Gasteiger partial charge in [-0.05, 0) is 50.8 Å². The summed E-state index contributed by atoms with van der Waals surface area (Å²) in [4.78, 5) is 13.0. The van der Waals surface area contributed by atoms with E-state index in [1.165, 1.54) is 0 Å². The lowest BCUT2D eigenvalue weighted by atomic mass is 9.82. The van der Waals surface area contributed by atoms with Gasteiger partial charge in [-0.1, -0.05) is 13.0 Å². The van der Waals surface area contributed by atoms with E-state index < -0.39 is 0 Å². The molecule has 1 aliphatic heterocycles. The van der Waals surface area contributed by atoms with Gasteiger partial charge in [0.2, 0.25) is 0 Å². The number of benzene rings is 1. The molecule has 4 unspecified atom stereocenters. The van der Waals surface area contributed by atoms with Gasteiger partial charge in [0.1, 0.15) is 5.75 Å². The molecule has 0 bridgehead atoms. The number of rotatable bonds is 3. The first kappa shape index (κ1) is 15.0. The van der Waals surface area contributed by atoms with Crippen molar-refractivity contribution in [2.45, 2.75) is 46.8 Å². The topological polar surface area (TPSA) is 35.5 Å². The molecule has 1 heterocycles. The number of aryl methyl sites for hydroxylation is 2. The molecule has 0 amide bonds. The van der Waals surface area contributed by atoms with Gasteiger partial charge >= 0.3 is 0 Å². The molecule has 0 aliphatic carbocycles. The van der Waals surface area contributed by atoms with Crippen LogP contribution in [-0.4, -0.2) is 25.1 Å². The highest BCUT2D eigenvalue weighted by atomic mass is 16.5. The Bertz CT molecular complexity index is 521. The number of carbonyl (C=O) groups excluding carboxylic acids is 1. The number of ether oxygens (including phenoxy) is 2. The summed E-state index contributed by atoms with van der Waals surface area (Å²) in [7, 11) is 1.62. The lowest BCUT2D eigenvalue weighted by molar-refractivity contribution is 0.0490. The lowest BCUT2D eigenvalue weighted by Gasteiger charge is -2.20. The minimum atomic E-state index is -0.0969. The SMILES string of the molecule is COc1cc(C)cc(C)c1C(=O)C1C(C)OC(C)C1C. The largest absolute Gasteiger partial charge is 0.496 e. The Morgan fingerprint density at radius 3 is 2.30 bits per heavy atom. The van der Waals surface area contributed by atoms with Crippen LogP contribution in [0.5, 0.6) is 5.75 Å². The molecule has 1 aromatic rings. The molecule has 0 radical (unpaired) electrons. The fourth-order valence-corrected chi connectivity index (χ4v) is 3.29. The molecular formula is C17H24O3. The third kappa shape index (κ3) is 2.47. The van der Waals surface area contributed by atoms with Crippen LogP contribution in [-0.2, 0) is 4.74 Å². The average molecular weight is 276 g/mol. The zero-order chi connectivity index (χ0) is 15.0. The van der Waals surface area contributed by atoms with Crippen LogP contribution in [0.2, 0.25) is 0 Å². The second kappa shape index (κ2) is 5.57. The molecule has 20 heavy (non-hydrogen) atoms. The Labute approximate surface area is 121 Å². The molecule has 3 nitrogen and oxygen atoms in total. The van der Waals surface area contributed by atoms with Crippen LogP contribution in [0.4, 0.5) is 0 Å². The smallest absolute Gasteiger partial charge is 0.172 e. The predicted molar refractivity (Wildman–Crippen MR) is 79.5 cm³/mol. The van der Waals surface area contributed by atoms with Gasteiger partial charge < -0.3 is 9.47 Å². The average Bonchev–Trinajstić information content (AvgIpc) is 2.61. The quantitative estimate of drug-likeness (QED) is 0.792. The van der Waals surface area contributed by atoms with Crippen molar-refractivity contribution in [3.63, 3.8) is 0 Å². The molecule has 2 rings (SSSR count). The number of methoxy groups -OCH3 is 1. The predicted octanol–water partition coefficient (Wildman–Crippen LogP) is 3.55. The first-order valence-electron chi connectivity index (χ1n) is 7.21. The summed E-state index contributed by atoms with van der Waals surface area (Å²) in [6.45, 7) is 10.1. The second-order valence-corrected chi connectivity index (χ2v) is 5.95. The summed E-state index contributed by atoms with van der Waals surface area (Å²) in [6, 6.07) is 3.96. The normalized spacial score (nSPS) is 29.5. The molecule has 110 valence electrons. The van der Waals surface area contributed by atoms with E-state index in [9.17, 15) is 4.79 Å². The van der Waals surface area contributed by atoms with E-state index in [0.29, 0.717) is 11.3 Å². The van der Waals surface area contributed by atoms with Crippen LogP contribution < -0.4 is 4.74 Å². The molecule has 0 N–H and O–H groups in total. The molecule has 1 fully saturated rings. The van der Waals surface area contributed by atoms with Crippen LogP contribution in [0.3, 0.4) is 0 Å². The van der Waals surface area contributed by atoms with E-state index >= 15 is 0 Å². The van der Waals surface area contributed by atoms with Gasteiger partial charge in [0.25, 0.3) is 0 Å². The lowest BCUT2D eigenvalue weighted by Crippen LogP contribution is -2.27. The maximum absolute atomic E-state index is 13.0. The maximum atomic E-state index is 13.0. The fraction of sp³-hybridized carbons (Fsp3) is 0.588. The van der Waals surface area contributed by atoms with Crippen LogP contribution in [0.25, 0.3) is 0 Å². The van der Waals surface area contributed by atoms with Gasteiger partial charge in [-0.15, -0.1) is 0 Å². The Hall–Kier alpha value is -1.35. The van der Waals surface area contributed by atoms with Gasteiger partial charge in [-0.2, -0.15) is 0 Å². The summed E-state index contributed by atoms with van der Waals surface area (Å²) in [6.07, 6.45) is 0.0774. The number of carbonyl (C=O) groups is 1. The zero-order valence-corrected chi connectivity index (χ0v) is 13.2. The summed E-state index contributed by atoms with van der Waals surface area (Å²) >= 11 is 0. The van der Waals surface area contributed by atoms with Crippen molar-refractivity contribution in [3.8, 4) is 5.75 Å². The summed E-state index contributed by atoms with van der Waals surface area (Å²) < 4.78 is 11.2. The van der Waals surface area contributed by atoms with Crippen LogP contribution in [0, 0.1) is 25.7 Å². The van der Waals surface area contributed by atoms with Gasteiger partial charge in [0.05, 0.1) is 30.8 Å². The highest BCUT2D eigenvalue weighted by Crippen LogP contribution is 2.37. The number of Topliss-reactive ketones (excluding diaryl/α,β-unsaturated/α-hetero) is 1. The van der Waals surface area contributed by atoms with Gasteiger partial charge in [-0.25, -0.2) is 0 Å². The molecule has 1 saturated heterocycles. The second-order valence-electron chi connectivity index (χ2n) is 5.95. The number of hydrogen-bond acceptors (Lipinski definition) is 3. The van der Waals surface area contributed by atoms with Crippen molar-refractivity contribution in [2.75, 3.05) is 7.11 Å².